The van der Waals surface area contributed by atoms with Crippen molar-refractivity contribution in [3.05, 3.63) is 0 Å². The van der Waals surface area contributed by atoms with E-state index in [9.17, 15) is 0 Å². The predicted octanol–water partition coefficient (Wildman–Crippen LogP) is 1.12. The van der Waals surface area contributed by atoms with Crippen molar-refractivity contribution in [1.29, 1.82) is 0 Å². The fourth-order valence-corrected chi connectivity index (χ4v) is 1.04. The van der Waals surface area contributed by atoms with Crippen molar-refractivity contribution >= 4 is 7.69 Å². The van der Waals surface area contributed by atoms with Crippen LogP contribution >= 0.6 is 0 Å². The van der Waals surface area contributed by atoms with Crippen LogP contribution in [0.5, 0.6) is 0 Å². The highest BCUT2D eigenvalue weighted by Gasteiger charge is 2.18. The van der Waals surface area contributed by atoms with E-state index < -0.39 is 0 Å². The van der Waals surface area contributed by atoms with E-state index in [1.165, 1.54) is 7.69 Å². The Morgan fingerprint density at radius 1 is 1.56 bits per heavy atom. The molecule has 0 saturated carbocycles. The zero-order chi connectivity index (χ0) is 6.91. The van der Waals surface area contributed by atoms with Crippen molar-refractivity contribution in [2.75, 3.05) is 0 Å². The average Bonchev–Trinajstić information content (AvgIpc) is 1.60. The molecule has 0 amide bonds. The Balaban J connectivity index is 2.41. The highest BCUT2D eigenvalue weighted by molar-refractivity contribution is 6.18. The summed E-state index contributed by atoms with van der Waals surface area (Å²) in [6.07, 6.45) is 1.26. The molecule has 0 aromatic heterocycles. The highest BCUT2D eigenvalue weighted by Crippen LogP contribution is 2.21. The quantitative estimate of drug-likeness (QED) is 0.454. The summed E-state index contributed by atoms with van der Waals surface area (Å²) in [6, 6.07) is 0. The third-order valence-electron chi connectivity index (χ3n) is 1.43. The van der Waals surface area contributed by atoms with E-state index in [-0.39, 0.29) is 5.60 Å². The van der Waals surface area contributed by atoms with Gasteiger partial charge >= 0.3 is 0 Å². The molecular formula is C6H12BO2-. The smallest absolute Gasteiger partial charge is 0.0172 e. The minimum Gasteiger partial charge on any atom is -0.624 e. The fourth-order valence-electron chi connectivity index (χ4n) is 1.04. The summed E-state index contributed by atoms with van der Waals surface area (Å²) in [5, 5.41) is 0. The SMILES string of the molecule is C[C@H]1CC(C)(C)O[B-]O1. The molecule has 2 nitrogen and oxygen atoms in total. The highest BCUT2D eigenvalue weighted by atomic mass is 16.6. The second-order valence-corrected chi connectivity index (χ2v) is 3.12. The van der Waals surface area contributed by atoms with Gasteiger partial charge in [-0.2, -0.15) is 0 Å². The topological polar surface area (TPSA) is 18.5 Å². The summed E-state index contributed by atoms with van der Waals surface area (Å²) in [6.45, 7) is 6.16. The first kappa shape index (κ1) is 7.10. The van der Waals surface area contributed by atoms with Crippen molar-refractivity contribution in [2.24, 2.45) is 0 Å². The van der Waals surface area contributed by atoms with Gasteiger partial charge in [-0.3, -0.25) is 0 Å². The molecule has 1 rings (SSSR count). The number of hydrogen-bond donors (Lipinski definition) is 0. The monoisotopic (exact) mass is 127 g/mol. The first-order valence-electron chi connectivity index (χ1n) is 3.25. The zero-order valence-corrected chi connectivity index (χ0v) is 6.18. The molecule has 1 heterocycles. The molecule has 1 saturated heterocycles. The average molecular weight is 127 g/mol. The van der Waals surface area contributed by atoms with E-state index in [4.69, 9.17) is 9.31 Å². The van der Waals surface area contributed by atoms with Gasteiger partial charge in [0, 0.05) is 11.7 Å². The van der Waals surface area contributed by atoms with Gasteiger partial charge in [-0.15, -0.1) is 0 Å². The van der Waals surface area contributed by atoms with Crippen LogP contribution in [0.4, 0.5) is 0 Å². The first-order valence-corrected chi connectivity index (χ1v) is 3.25. The van der Waals surface area contributed by atoms with Gasteiger partial charge in [-0.1, -0.05) is 0 Å². The van der Waals surface area contributed by atoms with Gasteiger partial charge in [0.05, 0.1) is 0 Å². The van der Waals surface area contributed by atoms with Crippen molar-refractivity contribution in [2.45, 2.75) is 38.9 Å². The Bertz CT molecular complexity index is 103. The summed E-state index contributed by atoms with van der Waals surface area (Å²) in [5.74, 6) is 0. The molecular weight excluding hydrogens is 115 g/mol. The predicted molar refractivity (Wildman–Crippen MR) is 36.1 cm³/mol. The third-order valence-corrected chi connectivity index (χ3v) is 1.43. The summed E-state index contributed by atoms with van der Waals surface area (Å²) in [4.78, 5) is 0. The number of rotatable bonds is 0. The van der Waals surface area contributed by atoms with Crippen molar-refractivity contribution in [3.63, 3.8) is 0 Å². The largest absolute Gasteiger partial charge is 0.624 e. The van der Waals surface area contributed by atoms with Gasteiger partial charge in [0.1, 0.15) is 0 Å². The summed E-state index contributed by atoms with van der Waals surface area (Å²) in [7, 11) is 1.44. The van der Waals surface area contributed by atoms with Crippen LogP contribution in [0.1, 0.15) is 27.2 Å². The maximum Gasteiger partial charge on any atom is 0.0172 e. The van der Waals surface area contributed by atoms with Crippen LogP contribution in [-0.2, 0) is 9.31 Å². The molecule has 0 spiro atoms. The van der Waals surface area contributed by atoms with Crippen LogP contribution < -0.4 is 0 Å². The van der Waals surface area contributed by atoms with Crippen molar-refractivity contribution in [1.82, 2.24) is 0 Å². The lowest BCUT2D eigenvalue weighted by atomic mass is 9.97. The van der Waals surface area contributed by atoms with Gasteiger partial charge in [0.2, 0.25) is 0 Å². The third kappa shape index (κ3) is 1.99. The molecule has 9 heavy (non-hydrogen) atoms. The van der Waals surface area contributed by atoms with Crippen LogP contribution in [0.25, 0.3) is 0 Å². The minimum absolute atomic E-state index is 0.0301. The van der Waals surface area contributed by atoms with E-state index in [1.807, 2.05) is 6.92 Å². The Labute approximate surface area is 56.8 Å². The fraction of sp³-hybridized carbons (Fsp3) is 1.00. The zero-order valence-electron chi connectivity index (χ0n) is 6.18. The van der Waals surface area contributed by atoms with E-state index in [2.05, 4.69) is 13.8 Å². The second kappa shape index (κ2) is 2.31. The van der Waals surface area contributed by atoms with E-state index in [1.54, 1.807) is 0 Å². The van der Waals surface area contributed by atoms with Crippen LogP contribution in [0.2, 0.25) is 0 Å². The Morgan fingerprint density at radius 3 is 2.56 bits per heavy atom. The van der Waals surface area contributed by atoms with Gasteiger partial charge in [-0.25, -0.2) is 0 Å². The standard InChI is InChI=1S/C6H12BO2/c1-5-4-6(2,3)9-7-8-5/h5H,4H2,1-3H3/q-1/t5-/m0/s1. The van der Waals surface area contributed by atoms with Gasteiger partial charge in [-0.05, 0) is 34.9 Å². The van der Waals surface area contributed by atoms with E-state index in [0.717, 1.165) is 6.42 Å². The second-order valence-electron chi connectivity index (χ2n) is 3.12. The molecule has 1 atom stereocenters. The van der Waals surface area contributed by atoms with E-state index >= 15 is 0 Å². The van der Waals surface area contributed by atoms with Crippen molar-refractivity contribution in [3.8, 4) is 0 Å². The normalized spacial score (nSPS) is 34.3. The van der Waals surface area contributed by atoms with Crippen LogP contribution in [0.3, 0.4) is 0 Å². The lowest BCUT2D eigenvalue weighted by Crippen LogP contribution is -2.38. The molecule has 1 aliphatic heterocycles. The molecule has 0 bridgehead atoms. The molecule has 0 aliphatic carbocycles. The van der Waals surface area contributed by atoms with Crippen LogP contribution in [-0.4, -0.2) is 19.4 Å². The van der Waals surface area contributed by atoms with Gasteiger partial charge < -0.3 is 9.31 Å². The minimum atomic E-state index is -0.0301. The first-order chi connectivity index (χ1) is 4.10. The summed E-state index contributed by atoms with van der Waals surface area (Å²) >= 11 is 0. The molecule has 1 aliphatic rings. The maximum atomic E-state index is 5.19. The van der Waals surface area contributed by atoms with Crippen LogP contribution in [0, 0.1) is 0 Å². The Hall–Kier alpha value is -0.0151. The number of hydrogen-bond acceptors (Lipinski definition) is 2. The Kier molecular flexibility index (Phi) is 1.82. The Morgan fingerprint density at radius 2 is 2.22 bits per heavy atom. The summed E-state index contributed by atoms with van der Waals surface area (Å²) in [5.41, 5.74) is -0.0301. The molecule has 0 aromatic carbocycles. The van der Waals surface area contributed by atoms with Crippen LogP contribution in [0.15, 0.2) is 0 Å². The molecule has 0 unspecified atom stereocenters. The molecule has 0 aromatic rings. The van der Waals surface area contributed by atoms with Gasteiger partial charge in [0.25, 0.3) is 0 Å². The van der Waals surface area contributed by atoms with Gasteiger partial charge in [0.15, 0.2) is 0 Å². The lowest BCUT2D eigenvalue weighted by Gasteiger charge is -2.45. The lowest BCUT2D eigenvalue weighted by molar-refractivity contribution is -0.0142. The maximum absolute atomic E-state index is 5.19. The molecule has 2 radical (unpaired) electrons. The summed E-state index contributed by atoms with van der Waals surface area (Å²) < 4.78 is 10.3. The molecule has 52 valence electrons. The van der Waals surface area contributed by atoms with Crippen molar-refractivity contribution < 1.29 is 9.31 Å². The molecule has 1 fully saturated rings. The molecule has 0 N–H and O–H groups in total. The van der Waals surface area contributed by atoms with E-state index in [0.29, 0.717) is 6.10 Å². The molecule has 3 heteroatoms.